The normalized spacial score (nSPS) is 11.2. The first-order valence-corrected chi connectivity index (χ1v) is 6.91. The van der Waals surface area contributed by atoms with E-state index in [1.807, 2.05) is 34.7 Å². The predicted octanol–water partition coefficient (Wildman–Crippen LogP) is 1.08. The van der Waals surface area contributed by atoms with Crippen molar-refractivity contribution in [3.8, 4) is 0 Å². The van der Waals surface area contributed by atoms with Gasteiger partial charge in [-0.25, -0.2) is 0 Å². The highest BCUT2D eigenvalue weighted by atomic mass is 32.1. The number of anilines is 1. The molecule has 112 valence electrons. The molecule has 1 heterocycles. The van der Waals surface area contributed by atoms with Gasteiger partial charge in [0.2, 0.25) is 5.91 Å². The van der Waals surface area contributed by atoms with E-state index in [4.69, 9.17) is 18.0 Å². The molecule has 20 heavy (non-hydrogen) atoms. The average Bonchev–Trinajstić information content (AvgIpc) is 2.51. The minimum atomic E-state index is -0.218. The second-order valence-electron chi connectivity index (χ2n) is 5.77. The summed E-state index contributed by atoms with van der Waals surface area (Å²) in [6.07, 6.45) is 0.373. The summed E-state index contributed by atoms with van der Waals surface area (Å²) in [4.78, 5) is 12.0. The van der Waals surface area contributed by atoms with Crippen LogP contribution < -0.4 is 16.4 Å². The number of nitrogens with zero attached hydrogens (tertiary/aromatic N) is 2. The first-order chi connectivity index (χ1) is 9.11. The van der Waals surface area contributed by atoms with Gasteiger partial charge in [0, 0.05) is 25.6 Å². The third-order valence-electron chi connectivity index (χ3n) is 2.63. The van der Waals surface area contributed by atoms with E-state index in [0.717, 1.165) is 17.1 Å². The van der Waals surface area contributed by atoms with Crippen LogP contribution in [0.4, 0.5) is 5.82 Å². The van der Waals surface area contributed by atoms with Gasteiger partial charge in [0.25, 0.3) is 0 Å². The molecule has 1 amide bonds. The zero-order valence-corrected chi connectivity index (χ0v) is 13.5. The monoisotopic (exact) mass is 297 g/mol. The minimum absolute atomic E-state index is 0.000709. The molecule has 0 aliphatic rings. The van der Waals surface area contributed by atoms with Crippen LogP contribution in [0.2, 0.25) is 0 Å². The molecule has 0 fully saturated rings. The van der Waals surface area contributed by atoms with E-state index in [0.29, 0.717) is 18.0 Å². The third-order valence-corrected chi connectivity index (χ3v) is 2.83. The lowest BCUT2D eigenvalue weighted by Gasteiger charge is -2.20. The maximum Gasteiger partial charge on any atom is 0.222 e. The van der Waals surface area contributed by atoms with E-state index in [9.17, 15) is 4.79 Å². The Morgan fingerprint density at radius 3 is 2.55 bits per heavy atom. The number of aryl methyl sites for hydroxylation is 2. The number of thiocarbonyl (C=S) groups is 1. The van der Waals surface area contributed by atoms with Gasteiger partial charge in [-0.05, 0) is 27.7 Å². The molecule has 0 unspecified atom stereocenters. The number of nitrogens with two attached hydrogens (primary N) is 1. The molecular weight excluding hydrogens is 274 g/mol. The van der Waals surface area contributed by atoms with Crippen molar-refractivity contribution in [2.45, 2.75) is 39.7 Å². The summed E-state index contributed by atoms with van der Waals surface area (Å²) in [5.41, 5.74) is 7.00. The second-order valence-corrected chi connectivity index (χ2v) is 6.21. The number of amides is 1. The molecule has 0 radical (unpaired) electrons. The van der Waals surface area contributed by atoms with E-state index in [-0.39, 0.29) is 11.4 Å². The number of hydrogen-bond donors (Lipinski definition) is 3. The fourth-order valence-electron chi connectivity index (χ4n) is 1.93. The molecule has 1 rings (SSSR count). The second kappa shape index (κ2) is 6.21. The summed E-state index contributed by atoms with van der Waals surface area (Å²) >= 11 is 5.03. The van der Waals surface area contributed by atoms with Gasteiger partial charge < -0.3 is 16.4 Å². The van der Waals surface area contributed by atoms with Gasteiger partial charge in [0.1, 0.15) is 10.8 Å². The molecule has 1 aromatic heterocycles. The molecule has 1 aromatic rings. The highest BCUT2D eigenvalue weighted by Crippen LogP contribution is 2.18. The van der Waals surface area contributed by atoms with Crippen LogP contribution in [0.3, 0.4) is 0 Å². The minimum Gasteiger partial charge on any atom is -0.389 e. The summed E-state index contributed by atoms with van der Waals surface area (Å²) in [5, 5.41) is 10.4. The van der Waals surface area contributed by atoms with Crippen LogP contribution in [0.5, 0.6) is 0 Å². The standard InChI is InChI=1S/C13H23N5OS/c1-8-10(11(14)20)12(18(5)17-8)15-7-6-9(19)16-13(2,3)4/h15H,6-7H2,1-5H3,(H2,14,20)(H,16,19). The van der Waals surface area contributed by atoms with Crippen LogP contribution in [0, 0.1) is 6.92 Å². The van der Waals surface area contributed by atoms with Gasteiger partial charge in [-0.1, -0.05) is 12.2 Å². The molecule has 0 aromatic carbocycles. The zero-order valence-electron chi connectivity index (χ0n) is 12.7. The van der Waals surface area contributed by atoms with Gasteiger partial charge in [-0.2, -0.15) is 5.10 Å². The first-order valence-electron chi connectivity index (χ1n) is 6.50. The number of nitrogens with one attached hydrogen (secondary N) is 2. The fraction of sp³-hybridized carbons (Fsp3) is 0.615. The highest BCUT2D eigenvalue weighted by molar-refractivity contribution is 7.80. The molecule has 0 atom stereocenters. The Morgan fingerprint density at radius 2 is 2.05 bits per heavy atom. The molecule has 0 bridgehead atoms. The molecule has 6 nitrogen and oxygen atoms in total. The van der Waals surface area contributed by atoms with Crippen LogP contribution in [0.15, 0.2) is 0 Å². The number of rotatable bonds is 5. The van der Waals surface area contributed by atoms with E-state index in [1.165, 1.54) is 0 Å². The van der Waals surface area contributed by atoms with Gasteiger partial charge >= 0.3 is 0 Å². The molecule has 4 N–H and O–H groups in total. The van der Waals surface area contributed by atoms with Gasteiger partial charge in [-0.15, -0.1) is 0 Å². The number of hydrogen-bond acceptors (Lipinski definition) is 4. The summed E-state index contributed by atoms with van der Waals surface area (Å²) < 4.78 is 1.69. The Morgan fingerprint density at radius 1 is 1.45 bits per heavy atom. The third kappa shape index (κ3) is 4.48. The van der Waals surface area contributed by atoms with Crippen molar-refractivity contribution >= 4 is 28.9 Å². The van der Waals surface area contributed by atoms with Crippen LogP contribution >= 0.6 is 12.2 Å². The van der Waals surface area contributed by atoms with E-state index in [1.54, 1.807) is 4.68 Å². The van der Waals surface area contributed by atoms with Crippen LogP contribution in [-0.4, -0.2) is 32.8 Å². The lowest BCUT2D eigenvalue weighted by atomic mass is 10.1. The van der Waals surface area contributed by atoms with Gasteiger partial charge in [0.15, 0.2) is 0 Å². The van der Waals surface area contributed by atoms with Crippen molar-refractivity contribution in [1.82, 2.24) is 15.1 Å². The Balaban J connectivity index is 2.63. The topological polar surface area (TPSA) is 85.0 Å². The summed E-state index contributed by atoms with van der Waals surface area (Å²) in [6, 6.07) is 0. The molecule has 0 aliphatic carbocycles. The lowest BCUT2D eigenvalue weighted by Crippen LogP contribution is -2.41. The van der Waals surface area contributed by atoms with E-state index < -0.39 is 0 Å². The van der Waals surface area contributed by atoms with Crippen molar-refractivity contribution in [2.75, 3.05) is 11.9 Å². The van der Waals surface area contributed by atoms with Crippen molar-refractivity contribution in [3.63, 3.8) is 0 Å². The molecular formula is C13H23N5OS. The zero-order chi connectivity index (χ0) is 15.5. The van der Waals surface area contributed by atoms with Crippen LogP contribution in [0.25, 0.3) is 0 Å². The lowest BCUT2D eigenvalue weighted by molar-refractivity contribution is -0.122. The fourth-order valence-corrected chi connectivity index (χ4v) is 2.18. The largest absolute Gasteiger partial charge is 0.389 e. The summed E-state index contributed by atoms with van der Waals surface area (Å²) in [7, 11) is 1.81. The summed E-state index contributed by atoms with van der Waals surface area (Å²) in [6.45, 7) is 8.21. The average molecular weight is 297 g/mol. The van der Waals surface area contributed by atoms with Crippen molar-refractivity contribution in [3.05, 3.63) is 11.3 Å². The highest BCUT2D eigenvalue weighted by Gasteiger charge is 2.16. The number of aromatic nitrogens is 2. The maximum atomic E-state index is 11.7. The summed E-state index contributed by atoms with van der Waals surface area (Å²) in [5.74, 6) is 0.749. The van der Waals surface area contributed by atoms with E-state index in [2.05, 4.69) is 15.7 Å². The Kier molecular flexibility index (Phi) is 5.10. The molecule has 7 heteroatoms. The number of carbonyl (C=O) groups excluding carboxylic acids is 1. The van der Waals surface area contributed by atoms with Crippen molar-refractivity contribution in [1.29, 1.82) is 0 Å². The van der Waals surface area contributed by atoms with Gasteiger partial charge in [-0.3, -0.25) is 9.48 Å². The Labute approximate surface area is 125 Å². The molecule has 0 spiro atoms. The predicted molar refractivity (Wildman–Crippen MR) is 84.8 cm³/mol. The maximum absolute atomic E-state index is 11.7. The first kappa shape index (κ1) is 16.4. The van der Waals surface area contributed by atoms with Gasteiger partial charge in [0.05, 0.1) is 11.3 Å². The molecule has 0 saturated heterocycles. The molecule has 0 aliphatic heterocycles. The quantitative estimate of drug-likeness (QED) is 0.708. The Hall–Kier alpha value is -1.63. The number of carbonyl (C=O) groups is 1. The van der Waals surface area contributed by atoms with Crippen LogP contribution in [-0.2, 0) is 11.8 Å². The SMILES string of the molecule is Cc1nn(C)c(NCCC(=O)NC(C)(C)C)c1C(N)=S. The molecule has 0 saturated carbocycles. The van der Waals surface area contributed by atoms with Crippen molar-refractivity contribution < 1.29 is 4.79 Å². The van der Waals surface area contributed by atoms with Crippen LogP contribution in [0.1, 0.15) is 38.4 Å². The van der Waals surface area contributed by atoms with Crippen molar-refractivity contribution in [2.24, 2.45) is 12.8 Å². The Bertz CT molecular complexity index is 516. The smallest absolute Gasteiger partial charge is 0.222 e. The van der Waals surface area contributed by atoms with E-state index >= 15 is 0 Å².